The molecular formula is C8H6BrClN2OS. The Balaban J connectivity index is 2.46. The summed E-state index contributed by atoms with van der Waals surface area (Å²) in [4.78, 5) is 0. The lowest BCUT2D eigenvalue weighted by Gasteiger charge is -1.98. The van der Waals surface area contributed by atoms with Crippen molar-refractivity contribution < 1.29 is 4.74 Å². The zero-order chi connectivity index (χ0) is 10.1. The fourth-order valence-corrected chi connectivity index (χ4v) is 2.66. The second-order valence-electron chi connectivity index (χ2n) is 2.49. The Labute approximate surface area is 98.4 Å². The van der Waals surface area contributed by atoms with Crippen molar-refractivity contribution >= 4 is 38.9 Å². The molecule has 0 saturated carbocycles. The van der Waals surface area contributed by atoms with E-state index in [9.17, 15) is 0 Å². The van der Waals surface area contributed by atoms with Gasteiger partial charge in [0.2, 0.25) is 0 Å². The highest BCUT2D eigenvalue weighted by atomic mass is 79.9. The van der Waals surface area contributed by atoms with E-state index in [1.165, 1.54) is 0 Å². The Morgan fingerprint density at radius 3 is 2.86 bits per heavy atom. The molecule has 6 heteroatoms. The molecule has 0 aromatic carbocycles. The van der Waals surface area contributed by atoms with Crippen molar-refractivity contribution in [2.45, 2.75) is 0 Å². The second kappa shape index (κ2) is 3.92. The highest BCUT2D eigenvalue weighted by molar-refractivity contribution is 9.11. The van der Waals surface area contributed by atoms with Crippen LogP contribution in [0.2, 0.25) is 5.15 Å². The molecule has 3 nitrogen and oxygen atoms in total. The molecule has 0 aliphatic heterocycles. The van der Waals surface area contributed by atoms with Gasteiger partial charge in [0.1, 0.15) is 5.00 Å². The van der Waals surface area contributed by atoms with E-state index < -0.39 is 0 Å². The Bertz CT molecular complexity index is 454. The lowest BCUT2D eigenvalue weighted by molar-refractivity contribution is 0.415. The average molecular weight is 294 g/mol. The molecular weight excluding hydrogens is 288 g/mol. The van der Waals surface area contributed by atoms with Crippen molar-refractivity contribution in [3.05, 3.63) is 27.3 Å². The molecule has 0 aliphatic carbocycles. The van der Waals surface area contributed by atoms with Gasteiger partial charge in [-0.25, -0.2) is 4.68 Å². The average Bonchev–Trinajstić information content (AvgIpc) is 2.72. The first-order chi connectivity index (χ1) is 6.72. The Morgan fingerprint density at radius 1 is 1.57 bits per heavy atom. The minimum atomic E-state index is 0.488. The van der Waals surface area contributed by atoms with Crippen LogP contribution >= 0.6 is 38.9 Å². The maximum absolute atomic E-state index is 6.04. The Hall–Kier alpha value is -0.520. The number of hydrogen-bond donors (Lipinski definition) is 0. The van der Waals surface area contributed by atoms with Crippen LogP contribution in [0.3, 0.4) is 0 Å². The first kappa shape index (κ1) is 10.0. The van der Waals surface area contributed by atoms with Gasteiger partial charge in [0.25, 0.3) is 0 Å². The SMILES string of the molecule is COc1cnn(-c2ccc(Br)s2)c1Cl. The van der Waals surface area contributed by atoms with Crippen molar-refractivity contribution in [3.63, 3.8) is 0 Å². The summed E-state index contributed by atoms with van der Waals surface area (Å²) in [6, 6.07) is 3.89. The number of methoxy groups -OCH3 is 1. The van der Waals surface area contributed by atoms with Gasteiger partial charge in [-0.15, -0.1) is 11.3 Å². The van der Waals surface area contributed by atoms with Gasteiger partial charge in [-0.3, -0.25) is 0 Å². The molecule has 0 N–H and O–H groups in total. The first-order valence-corrected chi connectivity index (χ1v) is 5.74. The first-order valence-electron chi connectivity index (χ1n) is 3.75. The van der Waals surface area contributed by atoms with Gasteiger partial charge in [-0.1, -0.05) is 11.6 Å². The van der Waals surface area contributed by atoms with E-state index in [-0.39, 0.29) is 0 Å². The third-order valence-corrected chi connectivity index (χ3v) is 3.61. The molecule has 0 atom stereocenters. The lowest BCUT2D eigenvalue weighted by atomic mass is 10.6. The van der Waals surface area contributed by atoms with Crippen LogP contribution in [-0.2, 0) is 0 Å². The monoisotopic (exact) mass is 292 g/mol. The zero-order valence-electron chi connectivity index (χ0n) is 7.20. The summed E-state index contributed by atoms with van der Waals surface area (Å²) in [7, 11) is 1.57. The molecule has 0 spiro atoms. The predicted octanol–water partition coefficient (Wildman–Crippen LogP) is 3.36. The molecule has 2 aromatic heterocycles. The number of rotatable bonds is 2. The van der Waals surface area contributed by atoms with Crippen molar-refractivity contribution in [1.29, 1.82) is 0 Å². The van der Waals surface area contributed by atoms with Gasteiger partial charge in [0.05, 0.1) is 17.1 Å². The molecule has 2 aromatic rings. The third kappa shape index (κ3) is 1.67. The maximum Gasteiger partial charge on any atom is 0.176 e. The molecule has 14 heavy (non-hydrogen) atoms. The predicted molar refractivity (Wildman–Crippen MR) is 60.7 cm³/mol. The van der Waals surface area contributed by atoms with Gasteiger partial charge < -0.3 is 4.74 Å². The van der Waals surface area contributed by atoms with Crippen LogP contribution in [0, 0.1) is 0 Å². The van der Waals surface area contributed by atoms with Crippen molar-refractivity contribution in [3.8, 4) is 10.8 Å². The van der Waals surface area contributed by atoms with E-state index in [4.69, 9.17) is 16.3 Å². The van der Waals surface area contributed by atoms with E-state index in [1.807, 2.05) is 12.1 Å². The minimum absolute atomic E-state index is 0.488. The molecule has 0 bridgehead atoms. The number of nitrogens with zero attached hydrogens (tertiary/aromatic N) is 2. The molecule has 74 valence electrons. The third-order valence-electron chi connectivity index (χ3n) is 1.67. The van der Waals surface area contributed by atoms with Crippen LogP contribution in [0.5, 0.6) is 5.75 Å². The molecule has 0 radical (unpaired) electrons. The van der Waals surface area contributed by atoms with Crippen molar-refractivity contribution in [2.24, 2.45) is 0 Å². The fourth-order valence-electron chi connectivity index (χ4n) is 1.03. The smallest absolute Gasteiger partial charge is 0.176 e. The summed E-state index contributed by atoms with van der Waals surface area (Å²) in [5.41, 5.74) is 0. The molecule has 0 unspecified atom stereocenters. The van der Waals surface area contributed by atoms with E-state index in [0.29, 0.717) is 10.9 Å². The fraction of sp³-hybridized carbons (Fsp3) is 0.125. The van der Waals surface area contributed by atoms with Crippen LogP contribution in [-0.4, -0.2) is 16.9 Å². The number of aromatic nitrogens is 2. The highest BCUT2D eigenvalue weighted by Gasteiger charge is 2.11. The standard InChI is InChI=1S/C8H6BrClN2OS/c1-13-5-4-11-12(8(5)10)7-3-2-6(9)14-7/h2-4H,1H3. The molecule has 0 fully saturated rings. The van der Waals surface area contributed by atoms with E-state index >= 15 is 0 Å². The molecule has 0 saturated heterocycles. The van der Waals surface area contributed by atoms with E-state index in [2.05, 4.69) is 21.0 Å². The number of ether oxygens (including phenoxy) is 1. The minimum Gasteiger partial charge on any atom is -0.492 e. The van der Waals surface area contributed by atoms with Crippen LogP contribution < -0.4 is 4.74 Å². The van der Waals surface area contributed by atoms with Gasteiger partial charge in [-0.05, 0) is 28.1 Å². The molecule has 2 rings (SSSR count). The summed E-state index contributed by atoms with van der Waals surface area (Å²) in [6.45, 7) is 0. The van der Waals surface area contributed by atoms with Gasteiger partial charge in [0.15, 0.2) is 10.9 Å². The number of halogens is 2. The van der Waals surface area contributed by atoms with Crippen LogP contribution in [0.25, 0.3) is 5.00 Å². The lowest BCUT2D eigenvalue weighted by Crippen LogP contribution is -1.92. The largest absolute Gasteiger partial charge is 0.492 e. The van der Waals surface area contributed by atoms with Gasteiger partial charge in [0, 0.05) is 0 Å². The Kier molecular flexibility index (Phi) is 2.80. The Morgan fingerprint density at radius 2 is 2.36 bits per heavy atom. The van der Waals surface area contributed by atoms with Crippen LogP contribution in [0.1, 0.15) is 0 Å². The summed E-state index contributed by atoms with van der Waals surface area (Å²) >= 11 is 11.0. The number of thiophene rings is 1. The number of hydrogen-bond acceptors (Lipinski definition) is 3. The molecule has 2 heterocycles. The quantitative estimate of drug-likeness (QED) is 0.849. The normalized spacial score (nSPS) is 10.5. The highest BCUT2D eigenvalue weighted by Crippen LogP contribution is 2.31. The summed E-state index contributed by atoms with van der Waals surface area (Å²) in [5, 5.41) is 5.56. The van der Waals surface area contributed by atoms with Crippen molar-refractivity contribution in [2.75, 3.05) is 7.11 Å². The van der Waals surface area contributed by atoms with E-state index in [0.717, 1.165) is 8.79 Å². The molecule has 0 amide bonds. The topological polar surface area (TPSA) is 27.1 Å². The van der Waals surface area contributed by atoms with Crippen molar-refractivity contribution in [1.82, 2.24) is 9.78 Å². The molecule has 0 aliphatic rings. The van der Waals surface area contributed by atoms with Crippen LogP contribution in [0.4, 0.5) is 0 Å². The van der Waals surface area contributed by atoms with Gasteiger partial charge in [-0.2, -0.15) is 5.10 Å². The zero-order valence-corrected chi connectivity index (χ0v) is 10.4. The van der Waals surface area contributed by atoms with Crippen LogP contribution in [0.15, 0.2) is 22.1 Å². The van der Waals surface area contributed by atoms with E-state index in [1.54, 1.807) is 29.3 Å². The summed E-state index contributed by atoms with van der Waals surface area (Å²) in [5.74, 6) is 0.580. The van der Waals surface area contributed by atoms with Gasteiger partial charge >= 0.3 is 0 Å². The summed E-state index contributed by atoms with van der Waals surface area (Å²) < 4.78 is 7.71. The summed E-state index contributed by atoms with van der Waals surface area (Å²) in [6.07, 6.45) is 1.59. The second-order valence-corrected chi connectivity index (χ2v) is 5.29. The maximum atomic E-state index is 6.04.